The fraction of sp³-hybridized carbons (Fsp3) is 1.00. The maximum absolute atomic E-state index is 5.71. The molecule has 1 fully saturated rings. The third-order valence-corrected chi connectivity index (χ3v) is 4.88. The highest BCUT2D eigenvalue weighted by Crippen LogP contribution is 2.21. The highest BCUT2D eigenvalue weighted by molar-refractivity contribution is 4.77. The van der Waals surface area contributed by atoms with Crippen molar-refractivity contribution in [1.29, 1.82) is 0 Å². The SMILES string of the molecule is CC(C)C(CCN)CCCN(C)C1CCN(C)CC1. The average molecular weight is 269 g/mol. The monoisotopic (exact) mass is 269 g/mol. The van der Waals surface area contributed by atoms with Crippen molar-refractivity contribution in [2.24, 2.45) is 17.6 Å². The van der Waals surface area contributed by atoms with Crippen LogP contribution in [0, 0.1) is 11.8 Å². The summed E-state index contributed by atoms with van der Waals surface area (Å²) in [5.74, 6) is 1.59. The second-order valence-corrected chi connectivity index (χ2v) is 6.74. The van der Waals surface area contributed by atoms with Gasteiger partial charge in [-0.1, -0.05) is 13.8 Å². The quantitative estimate of drug-likeness (QED) is 0.734. The maximum atomic E-state index is 5.71. The van der Waals surface area contributed by atoms with E-state index in [9.17, 15) is 0 Å². The smallest absolute Gasteiger partial charge is 0.0117 e. The van der Waals surface area contributed by atoms with E-state index in [1.165, 1.54) is 51.7 Å². The lowest BCUT2D eigenvalue weighted by Gasteiger charge is -2.35. The molecule has 0 aromatic carbocycles. The van der Waals surface area contributed by atoms with Crippen molar-refractivity contribution in [2.45, 2.75) is 52.0 Å². The zero-order valence-electron chi connectivity index (χ0n) is 13.6. The van der Waals surface area contributed by atoms with Crippen molar-refractivity contribution in [3.05, 3.63) is 0 Å². The third-order valence-electron chi connectivity index (χ3n) is 4.88. The summed E-state index contributed by atoms with van der Waals surface area (Å²) in [5.41, 5.74) is 5.71. The molecule has 3 heteroatoms. The zero-order chi connectivity index (χ0) is 14.3. The highest BCUT2D eigenvalue weighted by Gasteiger charge is 2.20. The van der Waals surface area contributed by atoms with Gasteiger partial charge in [-0.05, 0) is 84.2 Å². The van der Waals surface area contributed by atoms with Gasteiger partial charge >= 0.3 is 0 Å². The van der Waals surface area contributed by atoms with Gasteiger partial charge in [0, 0.05) is 6.04 Å². The van der Waals surface area contributed by atoms with E-state index in [1.54, 1.807) is 0 Å². The van der Waals surface area contributed by atoms with E-state index in [0.29, 0.717) is 0 Å². The third kappa shape index (κ3) is 6.24. The number of rotatable bonds is 8. The Bertz CT molecular complexity index is 222. The van der Waals surface area contributed by atoms with Crippen LogP contribution in [0.15, 0.2) is 0 Å². The van der Waals surface area contributed by atoms with Crippen LogP contribution < -0.4 is 5.73 Å². The molecule has 0 aromatic rings. The van der Waals surface area contributed by atoms with Gasteiger partial charge in [0.25, 0.3) is 0 Å². The molecule has 1 unspecified atom stereocenters. The molecule has 1 atom stereocenters. The van der Waals surface area contributed by atoms with Crippen LogP contribution in [0.1, 0.15) is 46.0 Å². The molecule has 1 heterocycles. The molecule has 1 saturated heterocycles. The van der Waals surface area contributed by atoms with Gasteiger partial charge in [-0.2, -0.15) is 0 Å². The van der Waals surface area contributed by atoms with Crippen molar-refractivity contribution < 1.29 is 0 Å². The molecular weight excluding hydrogens is 234 g/mol. The molecule has 0 saturated carbocycles. The fourth-order valence-corrected chi connectivity index (χ4v) is 3.25. The summed E-state index contributed by atoms with van der Waals surface area (Å²) >= 11 is 0. The summed E-state index contributed by atoms with van der Waals surface area (Å²) < 4.78 is 0. The molecule has 114 valence electrons. The minimum atomic E-state index is 0.775. The van der Waals surface area contributed by atoms with E-state index in [-0.39, 0.29) is 0 Å². The Kier molecular flexibility index (Phi) is 7.96. The van der Waals surface area contributed by atoms with Crippen molar-refractivity contribution in [1.82, 2.24) is 9.80 Å². The van der Waals surface area contributed by atoms with Gasteiger partial charge in [0.15, 0.2) is 0 Å². The molecule has 0 aromatic heterocycles. The Morgan fingerprint density at radius 3 is 2.37 bits per heavy atom. The Morgan fingerprint density at radius 2 is 1.84 bits per heavy atom. The molecule has 0 spiro atoms. The lowest BCUT2D eigenvalue weighted by Crippen LogP contribution is -2.42. The van der Waals surface area contributed by atoms with Crippen LogP contribution in [-0.4, -0.2) is 56.1 Å². The van der Waals surface area contributed by atoms with E-state index in [0.717, 1.165) is 24.4 Å². The van der Waals surface area contributed by atoms with Gasteiger partial charge in [-0.25, -0.2) is 0 Å². The number of hydrogen-bond donors (Lipinski definition) is 1. The van der Waals surface area contributed by atoms with Crippen LogP contribution in [0.5, 0.6) is 0 Å². The van der Waals surface area contributed by atoms with E-state index in [4.69, 9.17) is 5.73 Å². The highest BCUT2D eigenvalue weighted by atomic mass is 15.2. The van der Waals surface area contributed by atoms with Gasteiger partial charge in [-0.3, -0.25) is 0 Å². The summed E-state index contributed by atoms with van der Waals surface area (Å²) in [6, 6.07) is 0.809. The van der Waals surface area contributed by atoms with Gasteiger partial charge in [0.2, 0.25) is 0 Å². The minimum absolute atomic E-state index is 0.775. The van der Waals surface area contributed by atoms with Crippen LogP contribution in [0.2, 0.25) is 0 Å². The number of piperidine rings is 1. The lowest BCUT2D eigenvalue weighted by molar-refractivity contribution is 0.140. The number of likely N-dealkylation sites (tertiary alicyclic amines) is 1. The average Bonchev–Trinajstić information content (AvgIpc) is 2.38. The standard InChI is InChI=1S/C16H35N3/c1-14(2)15(7-10-17)6-5-11-19(4)16-8-12-18(3)13-9-16/h14-16H,5-13,17H2,1-4H3. The van der Waals surface area contributed by atoms with Gasteiger partial charge in [-0.15, -0.1) is 0 Å². The van der Waals surface area contributed by atoms with Gasteiger partial charge < -0.3 is 15.5 Å². The van der Waals surface area contributed by atoms with Crippen LogP contribution in [0.25, 0.3) is 0 Å². The summed E-state index contributed by atoms with van der Waals surface area (Å²) in [7, 11) is 4.54. The molecule has 0 aliphatic carbocycles. The molecule has 0 radical (unpaired) electrons. The summed E-state index contributed by atoms with van der Waals surface area (Å²) in [6.45, 7) is 9.28. The van der Waals surface area contributed by atoms with Gasteiger partial charge in [0.1, 0.15) is 0 Å². The Hall–Kier alpha value is -0.120. The van der Waals surface area contributed by atoms with Gasteiger partial charge in [0.05, 0.1) is 0 Å². The first-order valence-corrected chi connectivity index (χ1v) is 8.13. The number of nitrogens with two attached hydrogens (primary N) is 1. The van der Waals surface area contributed by atoms with Crippen LogP contribution in [-0.2, 0) is 0 Å². The van der Waals surface area contributed by atoms with Crippen molar-refractivity contribution in [3.8, 4) is 0 Å². The first kappa shape index (κ1) is 16.9. The second kappa shape index (κ2) is 8.93. The fourth-order valence-electron chi connectivity index (χ4n) is 3.25. The molecule has 1 aliphatic heterocycles. The maximum Gasteiger partial charge on any atom is 0.0117 e. The first-order chi connectivity index (χ1) is 9.04. The molecule has 0 amide bonds. The first-order valence-electron chi connectivity index (χ1n) is 8.13. The largest absolute Gasteiger partial charge is 0.330 e. The summed E-state index contributed by atoms with van der Waals surface area (Å²) in [4.78, 5) is 5.03. The topological polar surface area (TPSA) is 32.5 Å². The number of hydrogen-bond acceptors (Lipinski definition) is 3. The second-order valence-electron chi connectivity index (χ2n) is 6.74. The van der Waals surface area contributed by atoms with Crippen molar-refractivity contribution >= 4 is 0 Å². The zero-order valence-corrected chi connectivity index (χ0v) is 13.6. The Morgan fingerprint density at radius 1 is 1.21 bits per heavy atom. The molecular formula is C16H35N3. The van der Waals surface area contributed by atoms with E-state index < -0.39 is 0 Å². The van der Waals surface area contributed by atoms with E-state index >= 15 is 0 Å². The normalized spacial score (nSPS) is 20.4. The summed E-state index contributed by atoms with van der Waals surface area (Å²) in [5, 5.41) is 0. The van der Waals surface area contributed by atoms with Crippen molar-refractivity contribution in [3.63, 3.8) is 0 Å². The predicted molar refractivity (Wildman–Crippen MR) is 84.4 cm³/mol. The van der Waals surface area contributed by atoms with Crippen LogP contribution in [0.4, 0.5) is 0 Å². The molecule has 2 N–H and O–H groups in total. The van der Waals surface area contributed by atoms with Crippen LogP contribution >= 0.6 is 0 Å². The Labute approximate surface area is 120 Å². The summed E-state index contributed by atoms with van der Waals surface area (Å²) in [6.07, 6.45) is 6.53. The lowest BCUT2D eigenvalue weighted by atomic mass is 9.88. The predicted octanol–water partition coefficient (Wildman–Crippen LogP) is 2.41. The molecule has 0 bridgehead atoms. The Balaban J connectivity index is 2.20. The molecule has 19 heavy (non-hydrogen) atoms. The van der Waals surface area contributed by atoms with Crippen LogP contribution in [0.3, 0.4) is 0 Å². The number of nitrogens with zero attached hydrogens (tertiary/aromatic N) is 2. The van der Waals surface area contributed by atoms with E-state index in [1.807, 2.05) is 0 Å². The molecule has 3 nitrogen and oxygen atoms in total. The molecule has 1 rings (SSSR count). The van der Waals surface area contributed by atoms with Crippen molar-refractivity contribution in [2.75, 3.05) is 40.3 Å². The molecule has 1 aliphatic rings. The van der Waals surface area contributed by atoms with E-state index in [2.05, 4.69) is 37.7 Å². The minimum Gasteiger partial charge on any atom is -0.330 e.